The van der Waals surface area contributed by atoms with Gasteiger partial charge in [0.25, 0.3) is 0 Å². The van der Waals surface area contributed by atoms with Gasteiger partial charge in [0.15, 0.2) is 0 Å². The van der Waals surface area contributed by atoms with Crippen molar-refractivity contribution in [2.45, 2.75) is 31.7 Å². The Kier molecular flexibility index (Phi) is 6.35. The number of thioether (sulfide) groups is 1. The molecule has 0 radical (unpaired) electrons. The number of anilines is 1. The van der Waals surface area contributed by atoms with Gasteiger partial charge in [0.2, 0.25) is 5.91 Å². The monoisotopic (exact) mass is 282 g/mol. The topological polar surface area (TPSA) is 79.3 Å². The number of carbonyl (C=O) groups is 2. The maximum Gasteiger partial charge on any atom is 0.313 e. The van der Waals surface area contributed by atoms with E-state index in [2.05, 4.69) is 10.3 Å². The van der Waals surface area contributed by atoms with Gasteiger partial charge in [-0.3, -0.25) is 9.59 Å². The molecular formula is C13H18N2O3S. The average Bonchev–Trinajstić information content (AvgIpc) is 2.39. The molecule has 19 heavy (non-hydrogen) atoms. The molecule has 0 saturated heterocycles. The molecule has 0 aromatic carbocycles. The van der Waals surface area contributed by atoms with Gasteiger partial charge in [0.1, 0.15) is 0 Å². The quantitative estimate of drug-likeness (QED) is 0.752. The molecule has 0 atom stereocenters. The van der Waals surface area contributed by atoms with Crippen LogP contribution >= 0.6 is 11.8 Å². The second-order valence-corrected chi connectivity index (χ2v) is 5.07. The predicted molar refractivity (Wildman–Crippen MR) is 75.3 cm³/mol. The van der Waals surface area contributed by atoms with E-state index in [0.29, 0.717) is 10.7 Å². The standard InChI is InChI=1S/C13H18N2O3S/c1-3-9(4-2)13(18)15-10-5-6-11(14-7-10)19-8-12(16)17/h5-7,9H,3-4,8H2,1-2H3,(H,15,18)(H,16,17). The number of pyridine rings is 1. The van der Waals surface area contributed by atoms with Crippen molar-refractivity contribution in [3.63, 3.8) is 0 Å². The largest absolute Gasteiger partial charge is 0.481 e. The first-order valence-corrected chi connectivity index (χ1v) is 7.16. The summed E-state index contributed by atoms with van der Waals surface area (Å²) in [6, 6.07) is 3.44. The molecule has 0 aliphatic heterocycles. The summed E-state index contributed by atoms with van der Waals surface area (Å²) in [4.78, 5) is 26.4. The van der Waals surface area contributed by atoms with Crippen LogP contribution in [0, 0.1) is 5.92 Å². The minimum atomic E-state index is -0.877. The zero-order valence-electron chi connectivity index (χ0n) is 11.0. The lowest BCUT2D eigenvalue weighted by Gasteiger charge is -2.12. The Balaban J connectivity index is 2.56. The third kappa shape index (κ3) is 5.30. The fourth-order valence-corrected chi connectivity index (χ4v) is 2.14. The number of rotatable bonds is 7. The summed E-state index contributed by atoms with van der Waals surface area (Å²) in [7, 11) is 0. The third-order valence-electron chi connectivity index (χ3n) is 2.70. The molecule has 5 nitrogen and oxygen atoms in total. The predicted octanol–water partition coefficient (Wildman–Crippen LogP) is 2.63. The lowest BCUT2D eigenvalue weighted by atomic mass is 10.0. The Hall–Kier alpha value is -1.56. The van der Waals surface area contributed by atoms with Crippen molar-refractivity contribution in [3.05, 3.63) is 18.3 Å². The smallest absolute Gasteiger partial charge is 0.313 e. The van der Waals surface area contributed by atoms with Crippen molar-refractivity contribution in [1.29, 1.82) is 0 Å². The molecule has 1 heterocycles. The lowest BCUT2D eigenvalue weighted by molar-refractivity contribution is -0.133. The molecule has 104 valence electrons. The SMILES string of the molecule is CCC(CC)C(=O)Nc1ccc(SCC(=O)O)nc1. The van der Waals surface area contributed by atoms with E-state index in [1.54, 1.807) is 18.3 Å². The Bertz CT molecular complexity index is 430. The second-order valence-electron chi connectivity index (χ2n) is 4.07. The molecule has 0 spiro atoms. The number of hydrogen-bond acceptors (Lipinski definition) is 4. The Labute approximate surface area is 116 Å². The van der Waals surface area contributed by atoms with Crippen molar-refractivity contribution in [3.8, 4) is 0 Å². The highest BCUT2D eigenvalue weighted by atomic mass is 32.2. The molecule has 0 aliphatic rings. The van der Waals surface area contributed by atoms with Crippen LogP contribution in [-0.4, -0.2) is 27.7 Å². The van der Waals surface area contributed by atoms with Crippen LogP contribution in [0.4, 0.5) is 5.69 Å². The van der Waals surface area contributed by atoms with Gasteiger partial charge >= 0.3 is 5.97 Å². The summed E-state index contributed by atoms with van der Waals surface area (Å²) in [6.45, 7) is 3.97. The molecule has 2 N–H and O–H groups in total. The third-order valence-corrected chi connectivity index (χ3v) is 3.63. The van der Waals surface area contributed by atoms with E-state index in [1.165, 1.54) is 0 Å². The Morgan fingerprint density at radius 1 is 1.37 bits per heavy atom. The number of carboxylic acids is 1. The first-order chi connectivity index (χ1) is 9.06. The van der Waals surface area contributed by atoms with Gasteiger partial charge in [-0.15, -0.1) is 0 Å². The number of carboxylic acid groups (broad SMARTS) is 1. The van der Waals surface area contributed by atoms with Gasteiger partial charge < -0.3 is 10.4 Å². The van der Waals surface area contributed by atoms with Crippen molar-refractivity contribution in [1.82, 2.24) is 4.98 Å². The number of hydrogen-bond donors (Lipinski definition) is 2. The van der Waals surface area contributed by atoms with E-state index >= 15 is 0 Å². The minimum absolute atomic E-state index is 0.00209. The first-order valence-electron chi connectivity index (χ1n) is 6.18. The van der Waals surface area contributed by atoms with E-state index < -0.39 is 5.97 Å². The fraction of sp³-hybridized carbons (Fsp3) is 0.462. The molecule has 1 aromatic rings. The number of nitrogens with zero attached hydrogens (tertiary/aromatic N) is 1. The van der Waals surface area contributed by atoms with Crippen LogP contribution in [-0.2, 0) is 9.59 Å². The molecule has 0 aliphatic carbocycles. The summed E-state index contributed by atoms with van der Waals surface area (Å²) in [6.07, 6.45) is 3.16. The minimum Gasteiger partial charge on any atom is -0.481 e. The average molecular weight is 282 g/mol. The van der Waals surface area contributed by atoms with Crippen molar-refractivity contribution >= 4 is 29.3 Å². The fourth-order valence-electron chi connectivity index (χ4n) is 1.58. The number of nitrogens with one attached hydrogen (secondary N) is 1. The maximum atomic E-state index is 11.9. The maximum absolute atomic E-state index is 11.9. The van der Waals surface area contributed by atoms with Crippen LogP contribution in [0.15, 0.2) is 23.4 Å². The van der Waals surface area contributed by atoms with Crippen LogP contribution in [0.25, 0.3) is 0 Å². The van der Waals surface area contributed by atoms with Crippen molar-refractivity contribution < 1.29 is 14.7 Å². The van der Waals surface area contributed by atoms with Gasteiger partial charge in [-0.2, -0.15) is 0 Å². The zero-order chi connectivity index (χ0) is 14.3. The summed E-state index contributed by atoms with van der Waals surface area (Å²) in [5.41, 5.74) is 0.636. The van der Waals surface area contributed by atoms with Crippen LogP contribution < -0.4 is 5.32 Å². The van der Waals surface area contributed by atoms with E-state index in [0.717, 1.165) is 24.6 Å². The second kappa shape index (κ2) is 7.78. The lowest BCUT2D eigenvalue weighted by Crippen LogP contribution is -2.21. The van der Waals surface area contributed by atoms with E-state index in [4.69, 9.17) is 5.11 Å². The van der Waals surface area contributed by atoms with E-state index in [1.807, 2.05) is 13.8 Å². The first kappa shape index (κ1) is 15.5. The van der Waals surface area contributed by atoms with Gasteiger partial charge in [-0.1, -0.05) is 25.6 Å². The molecule has 0 bridgehead atoms. The summed E-state index contributed by atoms with van der Waals surface area (Å²) >= 11 is 1.15. The summed E-state index contributed by atoms with van der Waals surface area (Å²) in [5, 5.41) is 12.0. The van der Waals surface area contributed by atoms with Crippen molar-refractivity contribution in [2.24, 2.45) is 5.92 Å². The van der Waals surface area contributed by atoms with Crippen LogP contribution in [0.2, 0.25) is 0 Å². The molecule has 1 amide bonds. The van der Waals surface area contributed by atoms with Crippen LogP contribution in [0.5, 0.6) is 0 Å². The molecule has 1 aromatic heterocycles. The van der Waals surface area contributed by atoms with Gasteiger partial charge in [0, 0.05) is 5.92 Å². The van der Waals surface area contributed by atoms with Gasteiger partial charge in [-0.05, 0) is 25.0 Å². The highest BCUT2D eigenvalue weighted by molar-refractivity contribution is 7.99. The Morgan fingerprint density at radius 3 is 2.53 bits per heavy atom. The summed E-state index contributed by atoms with van der Waals surface area (Å²) in [5.74, 6) is -0.886. The normalized spacial score (nSPS) is 10.5. The van der Waals surface area contributed by atoms with Gasteiger partial charge in [0.05, 0.1) is 22.7 Å². The summed E-state index contributed by atoms with van der Waals surface area (Å²) < 4.78 is 0. The number of aliphatic carboxylic acids is 1. The van der Waals surface area contributed by atoms with Crippen LogP contribution in [0.1, 0.15) is 26.7 Å². The van der Waals surface area contributed by atoms with E-state index in [-0.39, 0.29) is 17.6 Å². The van der Waals surface area contributed by atoms with E-state index in [9.17, 15) is 9.59 Å². The molecule has 0 fully saturated rings. The number of carbonyl (C=O) groups excluding carboxylic acids is 1. The molecule has 0 unspecified atom stereocenters. The Morgan fingerprint density at radius 2 is 2.05 bits per heavy atom. The number of aromatic nitrogens is 1. The number of amides is 1. The molecular weight excluding hydrogens is 264 g/mol. The van der Waals surface area contributed by atoms with Crippen LogP contribution in [0.3, 0.4) is 0 Å². The molecule has 6 heteroatoms. The van der Waals surface area contributed by atoms with Gasteiger partial charge in [-0.25, -0.2) is 4.98 Å². The zero-order valence-corrected chi connectivity index (χ0v) is 11.9. The molecule has 0 saturated carbocycles. The van der Waals surface area contributed by atoms with Crippen molar-refractivity contribution in [2.75, 3.05) is 11.1 Å². The molecule has 1 rings (SSSR count). The highest BCUT2D eigenvalue weighted by Gasteiger charge is 2.14. The highest BCUT2D eigenvalue weighted by Crippen LogP contribution is 2.18.